The fourth-order valence-electron chi connectivity index (χ4n) is 2.62. The van der Waals surface area contributed by atoms with Crippen molar-refractivity contribution in [3.63, 3.8) is 0 Å². The van der Waals surface area contributed by atoms with Gasteiger partial charge in [-0.3, -0.25) is 9.78 Å². The summed E-state index contributed by atoms with van der Waals surface area (Å²) in [6, 6.07) is 8.65. The monoisotopic (exact) mass is 245 g/mol. The second kappa shape index (κ2) is 4.11. The molecule has 3 rings (SSSR count). The van der Waals surface area contributed by atoms with Crippen molar-refractivity contribution in [1.29, 1.82) is 0 Å². The first-order valence-electron chi connectivity index (χ1n) is 5.96. The van der Waals surface area contributed by atoms with Gasteiger partial charge in [0.15, 0.2) is 0 Å². The molecule has 1 aromatic carbocycles. The number of nitrogens with one attached hydrogen (secondary N) is 1. The Morgan fingerprint density at radius 3 is 3.00 bits per heavy atom. The van der Waals surface area contributed by atoms with Crippen LogP contribution in [0.3, 0.4) is 0 Å². The molecule has 1 atom stereocenters. The number of aromatic nitrogens is 3. The van der Waals surface area contributed by atoms with Crippen LogP contribution in [-0.4, -0.2) is 14.8 Å². The highest BCUT2D eigenvalue weighted by molar-refractivity contribution is 7.71. The molecule has 0 aliphatic heterocycles. The Hall–Kier alpha value is -1.42. The average molecular weight is 245 g/mol. The number of hydrogen-bond acceptors (Lipinski definition) is 2. The van der Waals surface area contributed by atoms with E-state index >= 15 is 0 Å². The van der Waals surface area contributed by atoms with Crippen LogP contribution in [0.15, 0.2) is 24.3 Å². The molecule has 0 radical (unpaired) electrons. The predicted octanol–water partition coefficient (Wildman–Crippen LogP) is 2.95. The van der Waals surface area contributed by atoms with E-state index in [4.69, 9.17) is 12.2 Å². The van der Waals surface area contributed by atoms with Crippen LogP contribution in [0.5, 0.6) is 0 Å². The molecule has 1 aliphatic carbocycles. The minimum absolute atomic E-state index is 0.378. The summed E-state index contributed by atoms with van der Waals surface area (Å²) in [5.74, 6) is 1.38. The van der Waals surface area contributed by atoms with Gasteiger partial charge in [0.2, 0.25) is 4.77 Å². The Balaban J connectivity index is 2.08. The summed E-state index contributed by atoms with van der Waals surface area (Å²) in [5.41, 5.74) is 2.86. The summed E-state index contributed by atoms with van der Waals surface area (Å²) < 4.78 is 2.44. The van der Waals surface area contributed by atoms with Gasteiger partial charge in [-0.2, -0.15) is 0 Å². The fourth-order valence-corrected chi connectivity index (χ4v) is 2.76. The summed E-state index contributed by atoms with van der Waals surface area (Å²) in [5, 5.41) is 3.26. The molecule has 0 amide bonds. The molecule has 1 unspecified atom stereocenters. The standard InChI is InChI=1S/C13H15N3S/c1-16-13(17)14-12(15-16)11-8-4-6-9-5-2-3-7-10(9)11/h2-3,5,7,11H,4,6,8H2,1H3,(H,14,15,17). The maximum absolute atomic E-state index is 5.16. The Morgan fingerprint density at radius 1 is 1.41 bits per heavy atom. The quantitative estimate of drug-likeness (QED) is 0.784. The van der Waals surface area contributed by atoms with Crippen molar-refractivity contribution in [2.75, 3.05) is 0 Å². The normalized spacial score (nSPS) is 19.0. The molecule has 1 heterocycles. The van der Waals surface area contributed by atoms with Gasteiger partial charge < -0.3 is 0 Å². The van der Waals surface area contributed by atoms with Gasteiger partial charge in [0.25, 0.3) is 0 Å². The van der Waals surface area contributed by atoms with Gasteiger partial charge in [0.1, 0.15) is 5.82 Å². The van der Waals surface area contributed by atoms with E-state index < -0.39 is 0 Å². The van der Waals surface area contributed by atoms with Crippen LogP contribution in [0.1, 0.15) is 35.7 Å². The number of fused-ring (bicyclic) bond motifs is 1. The molecule has 2 aromatic rings. The molecule has 1 aliphatic rings. The molecule has 1 N–H and O–H groups in total. The molecular formula is C13H15N3S. The lowest BCUT2D eigenvalue weighted by Crippen LogP contribution is -2.12. The summed E-state index contributed by atoms with van der Waals surface area (Å²) in [6.45, 7) is 0. The van der Waals surface area contributed by atoms with E-state index in [9.17, 15) is 0 Å². The van der Waals surface area contributed by atoms with Gasteiger partial charge in [-0.25, -0.2) is 4.98 Å². The number of H-pyrrole nitrogens is 1. The van der Waals surface area contributed by atoms with Crippen LogP contribution in [0, 0.1) is 4.77 Å². The van der Waals surface area contributed by atoms with Gasteiger partial charge in [-0.15, -0.1) is 0 Å². The zero-order chi connectivity index (χ0) is 11.8. The van der Waals surface area contributed by atoms with Crippen molar-refractivity contribution >= 4 is 12.2 Å². The van der Waals surface area contributed by atoms with Gasteiger partial charge in [-0.1, -0.05) is 24.3 Å². The van der Waals surface area contributed by atoms with E-state index in [1.165, 1.54) is 24.0 Å². The topological polar surface area (TPSA) is 33.6 Å². The Bertz CT molecular complexity index is 597. The molecule has 0 spiro atoms. The van der Waals surface area contributed by atoms with Crippen LogP contribution in [0.4, 0.5) is 0 Å². The number of rotatable bonds is 1. The molecule has 0 fully saturated rings. The van der Waals surface area contributed by atoms with Crippen LogP contribution in [0.25, 0.3) is 0 Å². The lowest BCUT2D eigenvalue weighted by Gasteiger charge is -2.23. The second-order valence-electron chi connectivity index (χ2n) is 4.59. The Labute approximate surface area is 105 Å². The molecule has 17 heavy (non-hydrogen) atoms. The highest BCUT2D eigenvalue weighted by Gasteiger charge is 2.23. The minimum Gasteiger partial charge on any atom is -0.283 e. The third kappa shape index (κ3) is 1.82. The summed E-state index contributed by atoms with van der Waals surface area (Å²) in [4.78, 5) is 4.45. The molecule has 0 bridgehead atoms. The van der Waals surface area contributed by atoms with Crippen molar-refractivity contribution in [3.8, 4) is 0 Å². The molecule has 0 saturated carbocycles. The number of benzene rings is 1. The lowest BCUT2D eigenvalue weighted by atomic mass is 9.82. The van der Waals surface area contributed by atoms with E-state index in [1.54, 1.807) is 0 Å². The number of nitrogens with zero attached hydrogens (tertiary/aromatic N) is 2. The third-order valence-electron chi connectivity index (χ3n) is 3.48. The van der Waals surface area contributed by atoms with E-state index in [-0.39, 0.29) is 0 Å². The number of aryl methyl sites for hydroxylation is 2. The highest BCUT2D eigenvalue weighted by atomic mass is 32.1. The van der Waals surface area contributed by atoms with Gasteiger partial charge in [-0.05, 0) is 42.6 Å². The average Bonchev–Trinajstić information content (AvgIpc) is 2.69. The Kier molecular flexibility index (Phi) is 2.59. The molecular weight excluding hydrogens is 230 g/mol. The SMILES string of the molecule is Cn1[nH]c(C2CCCc3ccccc32)nc1=S. The van der Waals surface area contributed by atoms with Crippen molar-refractivity contribution in [2.24, 2.45) is 7.05 Å². The van der Waals surface area contributed by atoms with Crippen LogP contribution in [0.2, 0.25) is 0 Å². The minimum atomic E-state index is 0.378. The van der Waals surface area contributed by atoms with Crippen molar-refractivity contribution in [2.45, 2.75) is 25.2 Å². The van der Waals surface area contributed by atoms with Gasteiger partial charge >= 0.3 is 0 Å². The van der Waals surface area contributed by atoms with E-state index in [2.05, 4.69) is 34.3 Å². The predicted molar refractivity (Wildman–Crippen MR) is 69.6 cm³/mol. The molecule has 4 heteroatoms. The first kappa shape index (κ1) is 10.7. The van der Waals surface area contributed by atoms with Crippen LogP contribution >= 0.6 is 12.2 Å². The largest absolute Gasteiger partial charge is 0.283 e. The van der Waals surface area contributed by atoms with Gasteiger partial charge in [0.05, 0.1) is 0 Å². The summed E-state index contributed by atoms with van der Waals surface area (Å²) in [7, 11) is 1.91. The van der Waals surface area contributed by atoms with Crippen molar-refractivity contribution < 1.29 is 0 Å². The smallest absolute Gasteiger partial charge is 0.215 e. The third-order valence-corrected chi connectivity index (χ3v) is 3.85. The molecule has 1 aromatic heterocycles. The van der Waals surface area contributed by atoms with E-state index in [0.717, 1.165) is 12.2 Å². The molecule has 88 valence electrons. The lowest BCUT2D eigenvalue weighted by molar-refractivity contribution is 0.584. The van der Waals surface area contributed by atoms with Crippen LogP contribution < -0.4 is 0 Å². The van der Waals surface area contributed by atoms with Crippen LogP contribution in [-0.2, 0) is 13.5 Å². The Morgan fingerprint density at radius 2 is 2.24 bits per heavy atom. The highest BCUT2D eigenvalue weighted by Crippen LogP contribution is 2.34. The number of aromatic amines is 1. The van der Waals surface area contributed by atoms with E-state index in [0.29, 0.717) is 10.7 Å². The first-order chi connectivity index (χ1) is 8.25. The van der Waals surface area contributed by atoms with Crippen molar-refractivity contribution in [3.05, 3.63) is 46.0 Å². The maximum Gasteiger partial charge on any atom is 0.215 e. The first-order valence-corrected chi connectivity index (χ1v) is 6.37. The second-order valence-corrected chi connectivity index (χ2v) is 4.96. The fraction of sp³-hybridized carbons (Fsp3) is 0.385. The summed E-state index contributed by atoms with van der Waals surface area (Å²) in [6.07, 6.45) is 3.55. The van der Waals surface area contributed by atoms with Crippen molar-refractivity contribution in [1.82, 2.24) is 14.8 Å². The number of hydrogen-bond donors (Lipinski definition) is 1. The summed E-state index contributed by atoms with van der Waals surface area (Å²) >= 11 is 5.16. The maximum atomic E-state index is 5.16. The molecule has 0 saturated heterocycles. The zero-order valence-electron chi connectivity index (χ0n) is 9.81. The molecule has 3 nitrogen and oxygen atoms in total. The zero-order valence-corrected chi connectivity index (χ0v) is 10.6. The van der Waals surface area contributed by atoms with E-state index in [1.807, 2.05) is 11.7 Å². The van der Waals surface area contributed by atoms with Gasteiger partial charge in [0, 0.05) is 13.0 Å².